The molecule has 2 rings (SSSR count). The Balaban J connectivity index is 2.12. The molecular weight excluding hydrogens is 312 g/mol. The van der Waals surface area contributed by atoms with E-state index < -0.39 is 15.9 Å². The van der Waals surface area contributed by atoms with E-state index in [0.29, 0.717) is 10.6 Å². The molecule has 2 aromatic rings. The van der Waals surface area contributed by atoms with Gasteiger partial charge in [0.1, 0.15) is 10.7 Å². The van der Waals surface area contributed by atoms with Crippen molar-refractivity contribution in [2.24, 2.45) is 0 Å². The Hall–Kier alpha value is -1.63. The molecule has 5 nitrogen and oxygen atoms in total. The number of aliphatic hydroxyl groups is 1. The lowest BCUT2D eigenvalue weighted by atomic mass is 10.1. The number of aromatic nitrogens is 1. The minimum absolute atomic E-state index is 0.105. The highest BCUT2D eigenvalue weighted by Crippen LogP contribution is 2.20. The lowest BCUT2D eigenvalue weighted by Gasteiger charge is -2.14. The Kier molecular flexibility index (Phi) is 4.82. The molecule has 1 unspecified atom stereocenters. The van der Waals surface area contributed by atoms with Crippen LogP contribution in [0.25, 0.3) is 0 Å². The van der Waals surface area contributed by atoms with Crippen molar-refractivity contribution < 1.29 is 13.5 Å². The van der Waals surface area contributed by atoms with E-state index in [4.69, 9.17) is 11.6 Å². The number of nitrogens with zero attached hydrogens (tertiary/aromatic N) is 1. The SMILES string of the molecule is CS(=O)(=O)c1cccnc1NCC(O)c1ccc(Cl)cc1. The van der Waals surface area contributed by atoms with Crippen LogP contribution in [0, 0.1) is 0 Å². The second-order valence-electron chi connectivity index (χ2n) is 4.57. The number of halogens is 1. The quantitative estimate of drug-likeness (QED) is 0.881. The molecule has 0 aliphatic heterocycles. The van der Waals surface area contributed by atoms with Crippen molar-refractivity contribution in [2.75, 3.05) is 18.1 Å². The minimum atomic E-state index is -3.38. The molecule has 1 aromatic heterocycles. The first-order valence-corrected chi connectivity index (χ1v) is 8.47. The van der Waals surface area contributed by atoms with Crippen LogP contribution >= 0.6 is 11.6 Å². The number of sulfone groups is 1. The number of rotatable bonds is 5. The predicted molar refractivity (Wildman–Crippen MR) is 82.2 cm³/mol. The van der Waals surface area contributed by atoms with E-state index >= 15 is 0 Å². The summed E-state index contributed by atoms with van der Waals surface area (Å²) < 4.78 is 23.3. The van der Waals surface area contributed by atoms with E-state index in [-0.39, 0.29) is 17.3 Å². The van der Waals surface area contributed by atoms with Crippen LogP contribution in [0.15, 0.2) is 47.5 Å². The Morgan fingerprint density at radius 1 is 1.29 bits per heavy atom. The highest BCUT2D eigenvalue weighted by Gasteiger charge is 2.15. The summed E-state index contributed by atoms with van der Waals surface area (Å²) in [6, 6.07) is 9.82. The molecule has 0 saturated carbocycles. The molecule has 112 valence electrons. The summed E-state index contributed by atoms with van der Waals surface area (Å²) >= 11 is 5.79. The molecule has 0 bridgehead atoms. The first-order chi connectivity index (χ1) is 9.88. The van der Waals surface area contributed by atoms with Gasteiger partial charge in [0.25, 0.3) is 0 Å². The third-order valence-corrected chi connectivity index (χ3v) is 4.27. The van der Waals surface area contributed by atoms with Gasteiger partial charge in [0.15, 0.2) is 9.84 Å². The molecular formula is C14H15ClN2O3S. The fourth-order valence-corrected chi connectivity index (χ4v) is 2.75. The smallest absolute Gasteiger partial charge is 0.179 e. The molecule has 0 radical (unpaired) electrons. The summed E-state index contributed by atoms with van der Waals surface area (Å²) in [5.74, 6) is 0.230. The molecule has 0 amide bonds. The average Bonchev–Trinajstić information content (AvgIpc) is 2.45. The van der Waals surface area contributed by atoms with E-state index in [1.165, 1.54) is 12.3 Å². The fraction of sp³-hybridized carbons (Fsp3) is 0.214. The van der Waals surface area contributed by atoms with Crippen molar-refractivity contribution in [1.82, 2.24) is 4.98 Å². The molecule has 7 heteroatoms. The summed E-state index contributed by atoms with van der Waals surface area (Å²) in [4.78, 5) is 4.11. The maximum absolute atomic E-state index is 11.6. The number of hydrogen-bond donors (Lipinski definition) is 2. The van der Waals surface area contributed by atoms with Crippen molar-refractivity contribution in [3.8, 4) is 0 Å². The molecule has 0 saturated heterocycles. The molecule has 0 aliphatic carbocycles. The van der Waals surface area contributed by atoms with Gasteiger partial charge in [-0.3, -0.25) is 0 Å². The lowest BCUT2D eigenvalue weighted by Crippen LogP contribution is -2.15. The van der Waals surface area contributed by atoms with Gasteiger partial charge < -0.3 is 10.4 Å². The van der Waals surface area contributed by atoms with E-state index in [9.17, 15) is 13.5 Å². The number of nitrogens with one attached hydrogen (secondary N) is 1. The van der Waals surface area contributed by atoms with Gasteiger partial charge in [0, 0.05) is 24.0 Å². The van der Waals surface area contributed by atoms with Crippen molar-refractivity contribution in [2.45, 2.75) is 11.0 Å². The van der Waals surface area contributed by atoms with Gasteiger partial charge in [0.05, 0.1) is 6.10 Å². The maximum atomic E-state index is 11.6. The Morgan fingerprint density at radius 3 is 2.57 bits per heavy atom. The Bertz CT molecular complexity index is 717. The van der Waals surface area contributed by atoms with Crippen LogP contribution in [0.3, 0.4) is 0 Å². The third-order valence-electron chi connectivity index (χ3n) is 2.89. The summed E-state index contributed by atoms with van der Waals surface area (Å²) in [6.07, 6.45) is 1.81. The number of aliphatic hydroxyl groups excluding tert-OH is 1. The standard InChI is InChI=1S/C14H15ClN2O3S/c1-21(19,20)13-3-2-8-16-14(13)17-9-12(18)10-4-6-11(15)7-5-10/h2-8,12,18H,9H2,1H3,(H,16,17). The molecule has 1 atom stereocenters. The zero-order chi connectivity index (χ0) is 15.5. The normalized spacial score (nSPS) is 12.9. The van der Waals surface area contributed by atoms with Crippen LogP contribution in [0.1, 0.15) is 11.7 Å². The zero-order valence-corrected chi connectivity index (χ0v) is 12.9. The van der Waals surface area contributed by atoms with Crippen LogP contribution in [0.4, 0.5) is 5.82 Å². The summed E-state index contributed by atoms with van der Waals surface area (Å²) in [6.45, 7) is 0.140. The van der Waals surface area contributed by atoms with Gasteiger partial charge in [-0.1, -0.05) is 23.7 Å². The number of anilines is 1. The van der Waals surface area contributed by atoms with Gasteiger partial charge in [-0.25, -0.2) is 13.4 Å². The van der Waals surface area contributed by atoms with Gasteiger partial charge in [-0.2, -0.15) is 0 Å². The van der Waals surface area contributed by atoms with E-state index in [1.54, 1.807) is 30.3 Å². The predicted octanol–water partition coefficient (Wildman–Crippen LogP) is 2.28. The monoisotopic (exact) mass is 326 g/mol. The molecule has 0 aliphatic rings. The van der Waals surface area contributed by atoms with E-state index in [0.717, 1.165) is 6.26 Å². The Morgan fingerprint density at radius 2 is 1.95 bits per heavy atom. The van der Waals surface area contributed by atoms with Gasteiger partial charge in [-0.15, -0.1) is 0 Å². The van der Waals surface area contributed by atoms with Crippen LogP contribution in [0.5, 0.6) is 0 Å². The minimum Gasteiger partial charge on any atom is -0.387 e. The topological polar surface area (TPSA) is 79.3 Å². The van der Waals surface area contributed by atoms with Crippen molar-refractivity contribution in [3.63, 3.8) is 0 Å². The van der Waals surface area contributed by atoms with Crippen molar-refractivity contribution in [3.05, 3.63) is 53.2 Å². The third kappa shape index (κ3) is 4.17. The first-order valence-electron chi connectivity index (χ1n) is 6.20. The lowest BCUT2D eigenvalue weighted by molar-refractivity contribution is 0.191. The summed E-state index contributed by atoms with van der Waals surface area (Å²) in [5, 5.41) is 13.5. The zero-order valence-electron chi connectivity index (χ0n) is 11.3. The molecule has 1 aromatic carbocycles. The fourth-order valence-electron chi connectivity index (χ4n) is 1.82. The maximum Gasteiger partial charge on any atom is 0.179 e. The van der Waals surface area contributed by atoms with Gasteiger partial charge >= 0.3 is 0 Å². The van der Waals surface area contributed by atoms with Crippen LogP contribution < -0.4 is 5.32 Å². The highest BCUT2D eigenvalue weighted by atomic mass is 35.5. The van der Waals surface area contributed by atoms with Gasteiger partial charge in [-0.05, 0) is 29.8 Å². The van der Waals surface area contributed by atoms with Crippen molar-refractivity contribution >= 4 is 27.3 Å². The average molecular weight is 327 g/mol. The summed E-state index contributed by atoms with van der Waals surface area (Å²) in [7, 11) is -3.38. The molecule has 1 heterocycles. The number of hydrogen-bond acceptors (Lipinski definition) is 5. The van der Waals surface area contributed by atoms with Crippen LogP contribution in [-0.2, 0) is 9.84 Å². The molecule has 2 N–H and O–H groups in total. The number of pyridine rings is 1. The van der Waals surface area contributed by atoms with Crippen molar-refractivity contribution in [1.29, 1.82) is 0 Å². The largest absolute Gasteiger partial charge is 0.387 e. The second-order valence-corrected chi connectivity index (χ2v) is 6.99. The summed E-state index contributed by atoms with van der Waals surface area (Å²) in [5.41, 5.74) is 0.684. The highest BCUT2D eigenvalue weighted by molar-refractivity contribution is 7.90. The van der Waals surface area contributed by atoms with E-state index in [1.807, 2.05) is 0 Å². The number of benzene rings is 1. The molecule has 21 heavy (non-hydrogen) atoms. The first kappa shape index (κ1) is 15.8. The molecule has 0 spiro atoms. The van der Waals surface area contributed by atoms with E-state index in [2.05, 4.69) is 10.3 Å². The second kappa shape index (κ2) is 6.43. The van der Waals surface area contributed by atoms with Crippen LogP contribution in [-0.4, -0.2) is 31.3 Å². The van der Waals surface area contributed by atoms with Gasteiger partial charge in [0.2, 0.25) is 0 Å². The Labute approximate surface area is 128 Å². The molecule has 0 fully saturated rings. The van der Waals surface area contributed by atoms with Crippen LogP contribution in [0.2, 0.25) is 5.02 Å².